The molecule has 1 aliphatic rings. The number of carbonyl (C=O) groups is 1. The van der Waals surface area contributed by atoms with E-state index in [0.29, 0.717) is 13.1 Å². The molecular weight excluding hydrogens is 221 g/mol. The number of nitrogens with zero attached hydrogens (tertiary/aromatic N) is 2. The van der Waals surface area contributed by atoms with Crippen LogP contribution in [0.4, 0.5) is 4.39 Å². The van der Waals surface area contributed by atoms with Gasteiger partial charge in [0.2, 0.25) is 0 Å². The zero-order valence-corrected chi connectivity index (χ0v) is 9.98. The molecule has 1 aliphatic heterocycles. The summed E-state index contributed by atoms with van der Waals surface area (Å²) in [6.45, 7) is 5.23. The second-order valence-corrected chi connectivity index (χ2v) is 4.53. The monoisotopic (exact) mass is 237 g/mol. The van der Waals surface area contributed by atoms with Crippen molar-refractivity contribution in [3.8, 4) is 0 Å². The van der Waals surface area contributed by atoms with E-state index >= 15 is 0 Å². The Morgan fingerprint density at radius 2 is 2.12 bits per heavy atom. The summed E-state index contributed by atoms with van der Waals surface area (Å²) in [5.41, 5.74) is 0.0984. The molecule has 1 saturated heterocycles. The fourth-order valence-electron chi connectivity index (χ4n) is 2.21. The number of nitrogens with one attached hydrogen (secondary N) is 1. The van der Waals surface area contributed by atoms with Crippen LogP contribution in [0.15, 0.2) is 18.5 Å². The van der Waals surface area contributed by atoms with Gasteiger partial charge in [0.15, 0.2) is 5.82 Å². The average molecular weight is 237 g/mol. The predicted octanol–water partition coefficient (Wildman–Crippen LogP) is 1.04. The van der Waals surface area contributed by atoms with Crippen molar-refractivity contribution in [1.82, 2.24) is 15.2 Å². The molecule has 1 fully saturated rings. The topological polar surface area (TPSA) is 45.2 Å². The molecule has 0 unspecified atom stereocenters. The summed E-state index contributed by atoms with van der Waals surface area (Å²) in [5.74, 6) is -0.818. The highest BCUT2D eigenvalue weighted by Crippen LogP contribution is 2.12. The van der Waals surface area contributed by atoms with E-state index in [2.05, 4.69) is 10.3 Å². The maximum absolute atomic E-state index is 13.5. The van der Waals surface area contributed by atoms with Crippen LogP contribution >= 0.6 is 0 Å². The van der Waals surface area contributed by atoms with Crippen molar-refractivity contribution in [2.24, 2.45) is 0 Å². The van der Waals surface area contributed by atoms with Crippen LogP contribution in [0.2, 0.25) is 0 Å². The van der Waals surface area contributed by atoms with E-state index in [4.69, 9.17) is 0 Å². The van der Waals surface area contributed by atoms with Crippen molar-refractivity contribution >= 4 is 5.91 Å². The molecule has 17 heavy (non-hydrogen) atoms. The molecule has 1 aromatic heterocycles. The van der Waals surface area contributed by atoms with Gasteiger partial charge in [-0.1, -0.05) is 0 Å². The smallest absolute Gasteiger partial charge is 0.257 e. The number of hydrogen-bond donors (Lipinski definition) is 1. The van der Waals surface area contributed by atoms with Gasteiger partial charge >= 0.3 is 0 Å². The van der Waals surface area contributed by atoms with Crippen molar-refractivity contribution in [2.45, 2.75) is 25.9 Å². The largest absolute Gasteiger partial charge is 0.335 e. The molecule has 1 amide bonds. The third kappa shape index (κ3) is 2.61. The van der Waals surface area contributed by atoms with Gasteiger partial charge in [-0.25, -0.2) is 4.39 Å². The van der Waals surface area contributed by atoms with Gasteiger partial charge in [0, 0.05) is 31.4 Å². The SMILES string of the molecule is C[C@H]1CN(C(=O)c2ccncc2F)C[C@H](C)N1. The molecule has 5 heteroatoms. The van der Waals surface area contributed by atoms with Gasteiger partial charge in [-0.15, -0.1) is 0 Å². The summed E-state index contributed by atoms with van der Waals surface area (Å²) in [7, 11) is 0. The Labute approximate surface area is 99.8 Å². The van der Waals surface area contributed by atoms with Crippen molar-refractivity contribution in [3.05, 3.63) is 29.8 Å². The van der Waals surface area contributed by atoms with Crippen LogP contribution in [-0.2, 0) is 0 Å². The van der Waals surface area contributed by atoms with E-state index in [9.17, 15) is 9.18 Å². The van der Waals surface area contributed by atoms with Crippen LogP contribution in [-0.4, -0.2) is 41.0 Å². The van der Waals surface area contributed by atoms with E-state index in [1.165, 1.54) is 12.3 Å². The molecule has 0 aromatic carbocycles. The first kappa shape index (κ1) is 12.0. The Bertz CT molecular complexity index is 414. The van der Waals surface area contributed by atoms with Crippen molar-refractivity contribution < 1.29 is 9.18 Å². The number of rotatable bonds is 1. The zero-order chi connectivity index (χ0) is 12.4. The van der Waals surface area contributed by atoms with Crippen molar-refractivity contribution in [1.29, 1.82) is 0 Å². The van der Waals surface area contributed by atoms with Gasteiger partial charge in [0.1, 0.15) is 0 Å². The minimum Gasteiger partial charge on any atom is -0.335 e. The molecule has 2 heterocycles. The third-order valence-electron chi connectivity index (χ3n) is 2.85. The summed E-state index contributed by atoms with van der Waals surface area (Å²) < 4.78 is 13.5. The highest BCUT2D eigenvalue weighted by molar-refractivity contribution is 5.94. The first-order valence-electron chi connectivity index (χ1n) is 5.72. The minimum absolute atomic E-state index is 0.0984. The molecule has 1 aromatic rings. The quantitative estimate of drug-likeness (QED) is 0.794. The summed E-state index contributed by atoms with van der Waals surface area (Å²) >= 11 is 0. The Balaban J connectivity index is 2.17. The highest BCUT2D eigenvalue weighted by atomic mass is 19.1. The fourth-order valence-corrected chi connectivity index (χ4v) is 2.21. The maximum atomic E-state index is 13.5. The molecule has 4 nitrogen and oxygen atoms in total. The van der Waals surface area contributed by atoms with Gasteiger partial charge in [-0.2, -0.15) is 0 Å². The molecule has 0 radical (unpaired) electrons. The second-order valence-electron chi connectivity index (χ2n) is 4.53. The lowest BCUT2D eigenvalue weighted by atomic mass is 10.1. The first-order valence-corrected chi connectivity index (χ1v) is 5.72. The van der Waals surface area contributed by atoms with Gasteiger partial charge in [-0.3, -0.25) is 9.78 Å². The van der Waals surface area contributed by atoms with Gasteiger partial charge in [0.05, 0.1) is 11.8 Å². The van der Waals surface area contributed by atoms with E-state index in [0.717, 1.165) is 6.20 Å². The molecular formula is C12H16FN3O. The molecule has 0 spiro atoms. The number of pyridine rings is 1. The zero-order valence-electron chi connectivity index (χ0n) is 9.98. The summed E-state index contributed by atoms with van der Waals surface area (Å²) in [5, 5.41) is 3.33. The van der Waals surface area contributed by atoms with Crippen LogP contribution < -0.4 is 5.32 Å². The van der Waals surface area contributed by atoms with Crippen LogP contribution in [0.3, 0.4) is 0 Å². The Hall–Kier alpha value is -1.49. The van der Waals surface area contributed by atoms with Crippen LogP contribution in [0.1, 0.15) is 24.2 Å². The summed E-state index contributed by atoms with van der Waals surface area (Å²) in [6.07, 6.45) is 2.51. The number of halogens is 1. The van der Waals surface area contributed by atoms with Gasteiger partial charge < -0.3 is 10.2 Å². The van der Waals surface area contributed by atoms with Crippen LogP contribution in [0.5, 0.6) is 0 Å². The van der Waals surface area contributed by atoms with Crippen molar-refractivity contribution in [2.75, 3.05) is 13.1 Å². The summed E-state index contributed by atoms with van der Waals surface area (Å²) in [4.78, 5) is 17.5. The van der Waals surface area contributed by atoms with Gasteiger partial charge in [0.25, 0.3) is 5.91 Å². The maximum Gasteiger partial charge on any atom is 0.257 e. The summed E-state index contributed by atoms with van der Waals surface area (Å²) in [6, 6.07) is 1.88. The van der Waals surface area contributed by atoms with Crippen LogP contribution in [0, 0.1) is 5.82 Å². The van der Waals surface area contributed by atoms with E-state index in [1.54, 1.807) is 4.90 Å². The lowest BCUT2D eigenvalue weighted by Crippen LogP contribution is -2.55. The Morgan fingerprint density at radius 1 is 1.47 bits per heavy atom. The Morgan fingerprint density at radius 3 is 2.71 bits per heavy atom. The normalized spacial score (nSPS) is 24.8. The van der Waals surface area contributed by atoms with Crippen molar-refractivity contribution in [3.63, 3.8) is 0 Å². The number of piperazine rings is 1. The molecule has 0 aliphatic carbocycles. The Kier molecular flexibility index (Phi) is 3.38. The molecule has 1 N–H and O–H groups in total. The lowest BCUT2D eigenvalue weighted by Gasteiger charge is -2.36. The average Bonchev–Trinajstić information content (AvgIpc) is 2.27. The van der Waals surface area contributed by atoms with E-state index < -0.39 is 5.82 Å². The number of hydrogen-bond acceptors (Lipinski definition) is 3. The van der Waals surface area contributed by atoms with E-state index in [-0.39, 0.29) is 23.6 Å². The van der Waals surface area contributed by atoms with Crippen LogP contribution in [0.25, 0.3) is 0 Å². The number of carbonyl (C=O) groups excluding carboxylic acids is 1. The molecule has 2 atom stereocenters. The second kappa shape index (κ2) is 4.79. The standard InChI is InChI=1S/C12H16FN3O/c1-8-6-16(7-9(2)15-8)12(17)10-3-4-14-5-11(10)13/h3-5,8-9,15H,6-7H2,1-2H3/t8-,9-/m0/s1. The predicted molar refractivity (Wildman–Crippen MR) is 62.2 cm³/mol. The molecule has 0 bridgehead atoms. The fraction of sp³-hybridized carbons (Fsp3) is 0.500. The number of aromatic nitrogens is 1. The van der Waals surface area contributed by atoms with E-state index in [1.807, 2.05) is 13.8 Å². The molecule has 2 rings (SSSR count). The molecule has 0 saturated carbocycles. The number of amides is 1. The van der Waals surface area contributed by atoms with Gasteiger partial charge in [-0.05, 0) is 19.9 Å². The highest BCUT2D eigenvalue weighted by Gasteiger charge is 2.26. The minimum atomic E-state index is -0.559. The first-order chi connectivity index (χ1) is 8.08. The third-order valence-corrected chi connectivity index (χ3v) is 2.85. The molecule has 92 valence electrons. The lowest BCUT2D eigenvalue weighted by molar-refractivity contribution is 0.0669.